The van der Waals surface area contributed by atoms with Crippen molar-refractivity contribution in [2.45, 2.75) is 13.3 Å². The summed E-state index contributed by atoms with van der Waals surface area (Å²) in [6.07, 6.45) is 0.644. The number of hydrogen-bond acceptors (Lipinski definition) is 4. The number of rotatable bonds is 6. The van der Waals surface area contributed by atoms with Crippen LogP contribution in [0.15, 0.2) is 51.7 Å². The number of hydrogen-bond donors (Lipinski definition) is 1. The maximum atomic E-state index is 11.8. The summed E-state index contributed by atoms with van der Waals surface area (Å²) in [5.41, 5.74) is 3.44. The van der Waals surface area contributed by atoms with Gasteiger partial charge in [0.05, 0.1) is 5.52 Å². The Morgan fingerprint density at radius 2 is 1.96 bits per heavy atom. The number of amides is 1. The van der Waals surface area contributed by atoms with Crippen molar-refractivity contribution in [3.05, 3.63) is 64.1 Å². The molecular formula is C19H20N2O4. The molecule has 1 aromatic heterocycles. The number of benzene rings is 2. The van der Waals surface area contributed by atoms with Gasteiger partial charge in [-0.3, -0.25) is 9.36 Å². The lowest BCUT2D eigenvalue weighted by Crippen LogP contribution is -2.30. The van der Waals surface area contributed by atoms with Crippen LogP contribution in [-0.2, 0) is 18.3 Å². The molecule has 1 heterocycles. The van der Waals surface area contributed by atoms with Crippen molar-refractivity contribution in [3.63, 3.8) is 0 Å². The van der Waals surface area contributed by atoms with Crippen LogP contribution in [0.4, 0.5) is 0 Å². The number of nitrogens with one attached hydrogen (secondary N) is 1. The minimum Gasteiger partial charge on any atom is -0.484 e. The van der Waals surface area contributed by atoms with E-state index in [0.29, 0.717) is 24.3 Å². The third kappa shape index (κ3) is 4.09. The van der Waals surface area contributed by atoms with E-state index < -0.39 is 0 Å². The molecule has 0 saturated carbocycles. The number of aryl methyl sites for hydroxylation is 2. The first-order valence-corrected chi connectivity index (χ1v) is 8.07. The molecule has 3 rings (SSSR count). The number of oxazole rings is 1. The lowest BCUT2D eigenvalue weighted by molar-refractivity contribution is -0.123. The normalized spacial score (nSPS) is 10.8. The molecule has 0 aliphatic rings. The second-order valence-corrected chi connectivity index (χ2v) is 5.93. The van der Waals surface area contributed by atoms with E-state index in [0.717, 1.165) is 16.6 Å². The molecule has 0 aliphatic carbocycles. The van der Waals surface area contributed by atoms with Gasteiger partial charge in [-0.1, -0.05) is 23.8 Å². The fraction of sp³-hybridized carbons (Fsp3) is 0.263. The zero-order valence-corrected chi connectivity index (χ0v) is 14.2. The highest BCUT2D eigenvalue weighted by atomic mass is 16.5. The van der Waals surface area contributed by atoms with Gasteiger partial charge in [0.15, 0.2) is 12.2 Å². The molecule has 0 bridgehead atoms. The van der Waals surface area contributed by atoms with Crippen LogP contribution in [0.3, 0.4) is 0 Å². The highest BCUT2D eigenvalue weighted by molar-refractivity contribution is 5.77. The summed E-state index contributed by atoms with van der Waals surface area (Å²) < 4.78 is 12.1. The van der Waals surface area contributed by atoms with Crippen LogP contribution in [0.1, 0.15) is 11.1 Å². The molecule has 0 spiro atoms. The van der Waals surface area contributed by atoms with E-state index in [9.17, 15) is 9.59 Å². The van der Waals surface area contributed by atoms with E-state index >= 15 is 0 Å². The van der Waals surface area contributed by atoms with E-state index in [2.05, 4.69) is 5.32 Å². The van der Waals surface area contributed by atoms with Crippen LogP contribution < -0.4 is 15.8 Å². The Morgan fingerprint density at radius 3 is 2.72 bits per heavy atom. The summed E-state index contributed by atoms with van der Waals surface area (Å²) in [4.78, 5) is 23.3. The summed E-state index contributed by atoms with van der Waals surface area (Å²) >= 11 is 0. The van der Waals surface area contributed by atoms with Crippen LogP contribution >= 0.6 is 0 Å². The second-order valence-electron chi connectivity index (χ2n) is 5.93. The Balaban J connectivity index is 1.48. The van der Waals surface area contributed by atoms with E-state index in [-0.39, 0.29) is 18.3 Å². The molecule has 0 aliphatic heterocycles. The SMILES string of the molecule is Cc1ccc(OCC(=O)NCCc2ccc3c(c2)oc(=O)n3C)cc1. The van der Waals surface area contributed by atoms with Gasteiger partial charge in [-0.15, -0.1) is 0 Å². The van der Waals surface area contributed by atoms with Crippen LogP contribution in [-0.4, -0.2) is 23.6 Å². The lowest BCUT2D eigenvalue weighted by Gasteiger charge is -2.08. The van der Waals surface area contributed by atoms with Crippen molar-refractivity contribution in [2.75, 3.05) is 13.2 Å². The quantitative estimate of drug-likeness (QED) is 0.746. The molecule has 0 unspecified atom stereocenters. The zero-order chi connectivity index (χ0) is 17.8. The van der Waals surface area contributed by atoms with Gasteiger partial charge in [0.2, 0.25) is 0 Å². The number of carbonyl (C=O) groups is 1. The van der Waals surface area contributed by atoms with Crippen molar-refractivity contribution in [2.24, 2.45) is 7.05 Å². The Morgan fingerprint density at radius 1 is 1.20 bits per heavy atom. The highest BCUT2D eigenvalue weighted by Crippen LogP contribution is 2.14. The molecule has 6 nitrogen and oxygen atoms in total. The number of fused-ring (bicyclic) bond motifs is 1. The number of aromatic nitrogens is 1. The van der Waals surface area contributed by atoms with Gasteiger partial charge in [-0.2, -0.15) is 0 Å². The van der Waals surface area contributed by atoms with E-state index in [1.165, 1.54) is 4.57 Å². The monoisotopic (exact) mass is 340 g/mol. The molecule has 6 heteroatoms. The molecule has 25 heavy (non-hydrogen) atoms. The van der Waals surface area contributed by atoms with Gasteiger partial charge in [-0.05, 0) is 43.2 Å². The van der Waals surface area contributed by atoms with Crippen molar-refractivity contribution >= 4 is 17.0 Å². The molecule has 130 valence electrons. The minimum absolute atomic E-state index is 0.0182. The fourth-order valence-corrected chi connectivity index (χ4v) is 2.51. The minimum atomic E-state index is -0.381. The van der Waals surface area contributed by atoms with E-state index in [1.54, 1.807) is 7.05 Å². The molecule has 0 fully saturated rings. The third-order valence-electron chi connectivity index (χ3n) is 3.98. The van der Waals surface area contributed by atoms with E-state index in [4.69, 9.17) is 9.15 Å². The van der Waals surface area contributed by atoms with Gasteiger partial charge in [-0.25, -0.2) is 4.79 Å². The van der Waals surface area contributed by atoms with Crippen molar-refractivity contribution in [1.82, 2.24) is 9.88 Å². The highest BCUT2D eigenvalue weighted by Gasteiger charge is 2.07. The topological polar surface area (TPSA) is 73.5 Å². The first-order chi connectivity index (χ1) is 12.0. The average molecular weight is 340 g/mol. The van der Waals surface area contributed by atoms with Gasteiger partial charge < -0.3 is 14.5 Å². The Bertz CT molecular complexity index is 938. The van der Waals surface area contributed by atoms with Gasteiger partial charge in [0.25, 0.3) is 5.91 Å². The van der Waals surface area contributed by atoms with Gasteiger partial charge >= 0.3 is 5.76 Å². The number of ether oxygens (including phenoxy) is 1. The second kappa shape index (κ2) is 7.25. The van der Waals surface area contributed by atoms with Crippen LogP contribution in [0.5, 0.6) is 5.75 Å². The smallest absolute Gasteiger partial charge is 0.419 e. The van der Waals surface area contributed by atoms with Gasteiger partial charge in [0, 0.05) is 13.6 Å². The summed E-state index contributed by atoms with van der Waals surface area (Å²) in [6, 6.07) is 13.1. The Labute approximate surface area is 145 Å². The summed E-state index contributed by atoms with van der Waals surface area (Å²) in [6.45, 7) is 2.46. The fourth-order valence-electron chi connectivity index (χ4n) is 2.51. The van der Waals surface area contributed by atoms with Crippen LogP contribution in [0, 0.1) is 6.92 Å². The van der Waals surface area contributed by atoms with Crippen molar-refractivity contribution in [3.8, 4) is 5.75 Å². The maximum Gasteiger partial charge on any atom is 0.419 e. The first-order valence-electron chi connectivity index (χ1n) is 8.07. The summed E-state index contributed by atoms with van der Waals surface area (Å²) in [5.74, 6) is 0.118. The van der Waals surface area contributed by atoms with Crippen LogP contribution in [0.2, 0.25) is 0 Å². The third-order valence-corrected chi connectivity index (χ3v) is 3.98. The van der Waals surface area contributed by atoms with E-state index in [1.807, 2.05) is 49.4 Å². The maximum absolute atomic E-state index is 11.8. The molecule has 1 amide bonds. The summed E-state index contributed by atoms with van der Waals surface area (Å²) in [5, 5.41) is 2.82. The molecular weight excluding hydrogens is 320 g/mol. The Hall–Kier alpha value is -3.02. The molecule has 1 N–H and O–H groups in total. The predicted molar refractivity (Wildman–Crippen MR) is 94.8 cm³/mol. The average Bonchev–Trinajstić information content (AvgIpc) is 2.88. The Kier molecular flexibility index (Phi) is 4.88. The number of carbonyl (C=O) groups excluding carboxylic acids is 1. The molecule has 0 saturated heterocycles. The van der Waals surface area contributed by atoms with Crippen LogP contribution in [0.25, 0.3) is 11.1 Å². The number of nitrogens with zero attached hydrogens (tertiary/aromatic N) is 1. The molecule has 3 aromatic rings. The standard InChI is InChI=1S/C19H20N2O4/c1-13-3-6-15(7-4-13)24-12-18(22)20-10-9-14-5-8-16-17(11-14)25-19(23)21(16)2/h3-8,11H,9-10,12H2,1-2H3,(H,20,22). The van der Waals surface area contributed by atoms with Crippen molar-refractivity contribution in [1.29, 1.82) is 0 Å². The van der Waals surface area contributed by atoms with Gasteiger partial charge in [0.1, 0.15) is 5.75 Å². The summed E-state index contributed by atoms with van der Waals surface area (Å²) in [7, 11) is 1.67. The molecule has 0 radical (unpaired) electrons. The predicted octanol–water partition coefficient (Wildman–Crippen LogP) is 2.18. The molecule has 2 aromatic carbocycles. The zero-order valence-electron chi connectivity index (χ0n) is 14.2. The van der Waals surface area contributed by atoms with Crippen molar-refractivity contribution < 1.29 is 13.9 Å². The largest absolute Gasteiger partial charge is 0.484 e. The first kappa shape index (κ1) is 16.8. The lowest BCUT2D eigenvalue weighted by atomic mass is 10.1. The molecule has 0 atom stereocenters.